The van der Waals surface area contributed by atoms with E-state index in [0.29, 0.717) is 12.2 Å². The molecule has 5 unspecified atom stereocenters. The van der Waals surface area contributed by atoms with Gasteiger partial charge in [-0.25, -0.2) is 4.79 Å². The van der Waals surface area contributed by atoms with Crippen molar-refractivity contribution in [3.8, 4) is 0 Å². The number of aliphatic carboxylic acids is 2. The Morgan fingerprint density at radius 3 is 1.94 bits per heavy atom. The highest BCUT2D eigenvalue weighted by atomic mass is 32.2. The summed E-state index contributed by atoms with van der Waals surface area (Å²) in [5, 5.41) is 25.0. The Labute approximate surface area is 191 Å². The molecule has 0 saturated heterocycles. The lowest BCUT2D eigenvalue weighted by Crippen LogP contribution is -2.58. The SMILES string of the molecule is CCC(C)C(N)C(=O)NC(CS)C(=O)NC(CCSC)C(=O)NC(CC(=O)O)C(=O)O. The van der Waals surface area contributed by atoms with E-state index in [2.05, 4.69) is 28.6 Å². The maximum atomic E-state index is 12.6. The Morgan fingerprint density at radius 1 is 0.968 bits per heavy atom. The van der Waals surface area contributed by atoms with Crippen molar-refractivity contribution in [3.63, 3.8) is 0 Å². The average molecular weight is 481 g/mol. The topological polar surface area (TPSA) is 188 Å². The molecule has 5 atom stereocenters. The number of carbonyl (C=O) groups excluding carboxylic acids is 3. The maximum Gasteiger partial charge on any atom is 0.326 e. The highest BCUT2D eigenvalue weighted by molar-refractivity contribution is 7.98. The lowest BCUT2D eigenvalue weighted by atomic mass is 9.99. The molecule has 0 saturated carbocycles. The number of thioether (sulfide) groups is 1. The molecule has 0 aliphatic rings. The van der Waals surface area contributed by atoms with Crippen LogP contribution in [0.2, 0.25) is 0 Å². The number of carboxylic acid groups (broad SMARTS) is 2. The minimum absolute atomic E-state index is 0.0571. The Hall–Kier alpha value is -1.99. The summed E-state index contributed by atoms with van der Waals surface area (Å²) in [5.74, 6) is -4.66. The number of nitrogens with two attached hydrogens (primary N) is 1. The predicted octanol–water partition coefficient (Wildman–Crippen LogP) is -0.944. The van der Waals surface area contributed by atoms with Crippen LogP contribution in [0.3, 0.4) is 0 Å². The minimum Gasteiger partial charge on any atom is -0.481 e. The van der Waals surface area contributed by atoms with Crippen molar-refractivity contribution in [2.45, 2.75) is 57.3 Å². The standard InChI is InChI=1S/C18H32N4O7S2/c1-4-9(2)14(19)17(27)22-12(8-30)16(26)20-10(5-6-31-3)15(25)21-11(18(28)29)7-13(23)24/h9-12,14,30H,4-8,19H2,1-3H3,(H,20,26)(H,21,25)(H,22,27)(H,23,24)(H,28,29). The van der Waals surface area contributed by atoms with Crippen LogP contribution in [-0.4, -0.2) is 81.8 Å². The summed E-state index contributed by atoms with van der Waals surface area (Å²) in [4.78, 5) is 59.5. The molecule has 13 heteroatoms. The first-order valence-corrected chi connectivity index (χ1v) is 11.7. The van der Waals surface area contributed by atoms with E-state index in [1.807, 2.05) is 6.92 Å². The zero-order valence-electron chi connectivity index (χ0n) is 17.8. The molecule has 7 N–H and O–H groups in total. The van der Waals surface area contributed by atoms with Gasteiger partial charge in [0.05, 0.1) is 12.5 Å². The number of hydrogen-bond donors (Lipinski definition) is 7. The molecule has 0 radical (unpaired) electrons. The number of thiol groups is 1. The summed E-state index contributed by atoms with van der Waals surface area (Å²) in [6.07, 6.45) is 1.81. The lowest BCUT2D eigenvalue weighted by molar-refractivity contribution is -0.147. The van der Waals surface area contributed by atoms with Crippen LogP contribution in [0.4, 0.5) is 0 Å². The number of rotatable bonds is 15. The maximum absolute atomic E-state index is 12.6. The Kier molecular flexibility index (Phi) is 14.0. The lowest BCUT2D eigenvalue weighted by Gasteiger charge is -2.25. The normalized spacial score (nSPS) is 15.6. The molecule has 0 fully saturated rings. The van der Waals surface area contributed by atoms with E-state index in [0.717, 1.165) is 0 Å². The third-order valence-electron chi connectivity index (χ3n) is 4.61. The van der Waals surface area contributed by atoms with E-state index in [-0.39, 0.29) is 18.1 Å². The molecular weight excluding hydrogens is 448 g/mol. The van der Waals surface area contributed by atoms with Gasteiger partial charge >= 0.3 is 11.9 Å². The summed E-state index contributed by atoms with van der Waals surface area (Å²) >= 11 is 5.48. The van der Waals surface area contributed by atoms with E-state index >= 15 is 0 Å². The molecule has 0 heterocycles. The van der Waals surface area contributed by atoms with Crippen molar-refractivity contribution in [1.29, 1.82) is 0 Å². The number of amides is 3. The Bertz CT molecular complexity index is 650. The minimum atomic E-state index is -1.65. The van der Waals surface area contributed by atoms with Crippen LogP contribution in [-0.2, 0) is 24.0 Å². The molecule has 0 aliphatic carbocycles. The smallest absolute Gasteiger partial charge is 0.326 e. The van der Waals surface area contributed by atoms with Gasteiger partial charge in [-0.15, -0.1) is 0 Å². The van der Waals surface area contributed by atoms with Crippen LogP contribution in [0.15, 0.2) is 0 Å². The van der Waals surface area contributed by atoms with Crippen LogP contribution in [0.25, 0.3) is 0 Å². The van der Waals surface area contributed by atoms with Gasteiger partial charge in [0.2, 0.25) is 17.7 Å². The fourth-order valence-corrected chi connectivity index (χ4v) is 3.13. The largest absolute Gasteiger partial charge is 0.481 e. The molecular formula is C18H32N4O7S2. The van der Waals surface area contributed by atoms with Crippen molar-refractivity contribution >= 4 is 54.1 Å². The number of nitrogens with one attached hydrogen (secondary N) is 3. The van der Waals surface area contributed by atoms with E-state index in [4.69, 9.17) is 15.9 Å². The molecule has 0 aliphatic heterocycles. The fraction of sp³-hybridized carbons (Fsp3) is 0.722. The highest BCUT2D eigenvalue weighted by Gasteiger charge is 2.31. The molecule has 31 heavy (non-hydrogen) atoms. The third kappa shape index (κ3) is 10.7. The van der Waals surface area contributed by atoms with E-state index in [9.17, 15) is 24.0 Å². The number of carbonyl (C=O) groups is 5. The van der Waals surface area contributed by atoms with Crippen LogP contribution in [0.1, 0.15) is 33.1 Å². The molecule has 0 spiro atoms. The second-order valence-corrected chi connectivity index (χ2v) is 8.35. The van der Waals surface area contributed by atoms with Gasteiger partial charge in [-0.3, -0.25) is 19.2 Å². The van der Waals surface area contributed by atoms with Crippen molar-refractivity contribution in [3.05, 3.63) is 0 Å². The van der Waals surface area contributed by atoms with E-state index in [1.54, 1.807) is 13.2 Å². The van der Waals surface area contributed by atoms with Crippen molar-refractivity contribution in [2.75, 3.05) is 17.8 Å². The Morgan fingerprint density at radius 2 is 1.48 bits per heavy atom. The number of hydrogen-bond acceptors (Lipinski definition) is 8. The Balaban J connectivity index is 5.27. The monoisotopic (exact) mass is 480 g/mol. The van der Waals surface area contributed by atoms with Crippen molar-refractivity contribution < 1.29 is 34.2 Å². The molecule has 0 rings (SSSR count). The van der Waals surface area contributed by atoms with Crippen LogP contribution in [0, 0.1) is 5.92 Å². The molecule has 0 aromatic heterocycles. The summed E-state index contributed by atoms with van der Waals surface area (Å²) in [6, 6.07) is -4.65. The fourth-order valence-electron chi connectivity index (χ4n) is 2.40. The molecule has 3 amide bonds. The average Bonchev–Trinajstić information content (AvgIpc) is 2.72. The van der Waals surface area contributed by atoms with Crippen LogP contribution >= 0.6 is 24.4 Å². The molecule has 0 aromatic rings. The van der Waals surface area contributed by atoms with Gasteiger partial charge in [0.1, 0.15) is 18.1 Å². The van der Waals surface area contributed by atoms with Gasteiger partial charge in [-0.05, 0) is 24.3 Å². The molecule has 0 bridgehead atoms. The van der Waals surface area contributed by atoms with Gasteiger partial charge < -0.3 is 31.9 Å². The third-order valence-corrected chi connectivity index (χ3v) is 5.62. The van der Waals surface area contributed by atoms with Gasteiger partial charge in [-0.2, -0.15) is 24.4 Å². The summed E-state index contributed by atoms with van der Waals surface area (Å²) < 4.78 is 0. The van der Waals surface area contributed by atoms with Crippen molar-refractivity contribution in [2.24, 2.45) is 11.7 Å². The predicted molar refractivity (Wildman–Crippen MR) is 120 cm³/mol. The van der Waals surface area contributed by atoms with Gasteiger partial charge in [0.25, 0.3) is 0 Å². The first-order chi connectivity index (χ1) is 14.5. The first kappa shape index (κ1) is 29.0. The quantitative estimate of drug-likeness (QED) is 0.145. The second-order valence-electron chi connectivity index (χ2n) is 6.99. The molecule has 0 aromatic carbocycles. The molecule has 178 valence electrons. The first-order valence-electron chi connectivity index (χ1n) is 9.69. The summed E-state index contributed by atoms with van der Waals surface area (Å²) in [6.45, 7) is 3.68. The van der Waals surface area contributed by atoms with Crippen LogP contribution < -0.4 is 21.7 Å². The van der Waals surface area contributed by atoms with E-state index in [1.165, 1.54) is 11.8 Å². The van der Waals surface area contributed by atoms with Crippen LogP contribution in [0.5, 0.6) is 0 Å². The molecule has 11 nitrogen and oxygen atoms in total. The van der Waals surface area contributed by atoms with E-state index < -0.39 is 60.2 Å². The highest BCUT2D eigenvalue weighted by Crippen LogP contribution is 2.07. The van der Waals surface area contributed by atoms with Gasteiger partial charge in [-0.1, -0.05) is 20.3 Å². The van der Waals surface area contributed by atoms with Gasteiger partial charge in [0.15, 0.2) is 0 Å². The number of carboxylic acids is 2. The van der Waals surface area contributed by atoms with Gasteiger partial charge in [0, 0.05) is 5.75 Å². The van der Waals surface area contributed by atoms with Crippen molar-refractivity contribution in [1.82, 2.24) is 16.0 Å². The summed E-state index contributed by atoms with van der Waals surface area (Å²) in [5.41, 5.74) is 5.87. The second kappa shape index (κ2) is 14.9. The summed E-state index contributed by atoms with van der Waals surface area (Å²) in [7, 11) is 0. The zero-order valence-corrected chi connectivity index (χ0v) is 19.5. The zero-order chi connectivity index (χ0) is 24.1.